The average Bonchev–Trinajstić information content (AvgIpc) is 2.71. The minimum atomic E-state index is -0.550. The van der Waals surface area contributed by atoms with Crippen molar-refractivity contribution in [1.29, 1.82) is 0 Å². The van der Waals surface area contributed by atoms with Crippen LogP contribution in [0.3, 0.4) is 0 Å². The van der Waals surface area contributed by atoms with Crippen molar-refractivity contribution in [3.8, 4) is 5.75 Å². The van der Waals surface area contributed by atoms with Gasteiger partial charge >= 0.3 is 6.09 Å². The molecular weight excluding hydrogens is 362 g/mol. The lowest BCUT2D eigenvalue weighted by Crippen LogP contribution is -2.39. The lowest BCUT2D eigenvalue weighted by atomic mass is 10.0. The standard InChI is InChI=1S/C20H29N3O5/c1-19(2,3)28-18(24)22-8-6-7-21(9-10-22)15-12-17-14(11-16(15)23(25)26)13-20(4,5)27-17/h11-12H,6-10,13H2,1-5H3. The summed E-state index contributed by atoms with van der Waals surface area (Å²) in [5.74, 6) is 0.707. The van der Waals surface area contributed by atoms with E-state index in [1.807, 2.05) is 39.5 Å². The number of carbonyl (C=O) groups is 1. The molecule has 2 heterocycles. The molecule has 1 aromatic carbocycles. The molecule has 28 heavy (non-hydrogen) atoms. The Kier molecular flexibility index (Phi) is 5.16. The lowest BCUT2D eigenvalue weighted by Gasteiger charge is -2.27. The number of carbonyl (C=O) groups excluding carboxylic acids is 1. The quantitative estimate of drug-likeness (QED) is 0.564. The van der Waals surface area contributed by atoms with Gasteiger partial charge in [0.25, 0.3) is 5.69 Å². The number of fused-ring (bicyclic) bond motifs is 1. The van der Waals surface area contributed by atoms with Gasteiger partial charge in [-0.25, -0.2) is 4.79 Å². The van der Waals surface area contributed by atoms with Crippen LogP contribution >= 0.6 is 0 Å². The van der Waals surface area contributed by atoms with E-state index in [1.54, 1.807) is 17.0 Å². The number of nitrogens with zero attached hydrogens (tertiary/aromatic N) is 3. The lowest BCUT2D eigenvalue weighted by molar-refractivity contribution is -0.384. The van der Waals surface area contributed by atoms with E-state index in [2.05, 4.69) is 0 Å². The second-order valence-electron chi connectivity index (χ2n) is 9.05. The SMILES string of the molecule is CC(C)(C)OC(=O)N1CCCN(c2cc3c(cc2[N+](=O)[O-])CC(C)(C)O3)CC1. The van der Waals surface area contributed by atoms with Gasteiger partial charge in [0.15, 0.2) is 0 Å². The number of anilines is 1. The summed E-state index contributed by atoms with van der Waals surface area (Å²) in [4.78, 5) is 27.4. The Hall–Kier alpha value is -2.51. The van der Waals surface area contributed by atoms with Crippen LogP contribution in [-0.2, 0) is 11.2 Å². The molecule has 1 saturated heterocycles. The number of nitro groups is 1. The Balaban J connectivity index is 1.81. The molecule has 1 aromatic rings. The van der Waals surface area contributed by atoms with Crippen molar-refractivity contribution >= 4 is 17.5 Å². The second-order valence-corrected chi connectivity index (χ2v) is 9.05. The number of rotatable bonds is 2. The number of benzene rings is 1. The van der Waals surface area contributed by atoms with Gasteiger partial charge in [-0.3, -0.25) is 10.1 Å². The van der Waals surface area contributed by atoms with E-state index in [0.717, 1.165) is 5.56 Å². The molecule has 0 unspecified atom stereocenters. The monoisotopic (exact) mass is 391 g/mol. The van der Waals surface area contributed by atoms with Gasteiger partial charge in [-0.15, -0.1) is 0 Å². The summed E-state index contributed by atoms with van der Waals surface area (Å²) < 4.78 is 11.4. The van der Waals surface area contributed by atoms with Gasteiger partial charge in [0, 0.05) is 50.3 Å². The Morgan fingerprint density at radius 1 is 1.21 bits per heavy atom. The van der Waals surface area contributed by atoms with Crippen molar-refractivity contribution in [3.63, 3.8) is 0 Å². The van der Waals surface area contributed by atoms with Crippen molar-refractivity contribution in [1.82, 2.24) is 4.90 Å². The van der Waals surface area contributed by atoms with Crippen LogP contribution in [0.25, 0.3) is 0 Å². The zero-order valence-corrected chi connectivity index (χ0v) is 17.3. The van der Waals surface area contributed by atoms with Gasteiger partial charge in [-0.1, -0.05) is 0 Å². The molecule has 3 rings (SSSR count). The fraction of sp³-hybridized carbons (Fsp3) is 0.650. The minimum absolute atomic E-state index is 0.0887. The molecule has 154 valence electrons. The normalized spacial score (nSPS) is 18.9. The zero-order valence-electron chi connectivity index (χ0n) is 17.3. The number of hydrogen-bond acceptors (Lipinski definition) is 6. The smallest absolute Gasteiger partial charge is 0.410 e. The maximum Gasteiger partial charge on any atom is 0.410 e. The number of hydrogen-bond donors (Lipinski definition) is 0. The number of nitro benzene ring substituents is 1. The molecule has 1 fully saturated rings. The van der Waals surface area contributed by atoms with E-state index in [4.69, 9.17) is 9.47 Å². The van der Waals surface area contributed by atoms with Gasteiger partial charge in [0.05, 0.1) is 4.92 Å². The summed E-state index contributed by atoms with van der Waals surface area (Å²) in [5.41, 5.74) is 0.594. The van der Waals surface area contributed by atoms with Crippen LogP contribution in [0.5, 0.6) is 5.75 Å². The summed E-state index contributed by atoms with van der Waals surface area (Å²) in [6.45, 7) is 11.6. The van der Waals surface area contributed by atoms with E-state index in [1.165, 1.54) is 0 Å². The van der Waals surface area contributed by atoms with Crippen molar-refractivity contribution in [2.45, 2.75) is 58.7 Å². The van der Waals surface area contributed by atoms with Crippen LogP contribution in [0.2, 0.25) is 0 Å². The van der Waals surface area contributed by atoms with Gasteiger partial charge < -0.3 is 19.3 Å². The molecule has 0 N–H and O–H groups in total. The first kappa shape index (κ1) is 20.2. The molecule has 0 spiro atoms. The third kappa shape index (κ3) is 4.48. The molecule has 8 heteroatoms. The van der Waals surface area contributed by atoms with Crippen LogP contribution in [0.4, 0.5) is 16.2 Å². The molecule has 2 aliphatic rings. The van der Waals surface area contributed by atoms with Crippen molar-refractivity contribution in [2.75, 3.05) is 31.1 Å². The van der Waals surface area contributed by atoms with E-state index in [-0.39, 0.29) is 22.3 Å². The predicted octanol–water partition coefficient (Wildman–Crippen LogP) is 3.76. The number of ether oxygens (including phenoxy) is 2. The molecule has 0 aliphatic carbocycles. The summed E-state index contributed by atoms with van der Waals surface area (Å²) >= 11 is 0. The van der Waals surface area contributed by atoms with Crippen molar-refractivity contribution < 1.29 is 19.2 Å². The van der Waals surface area contributed by atoms with Crippen molar-refractivity contribution in [2.24, 2.45) is 0 Å². The highest BCUT2D eigenvalue weighted by Gasteiger charge is 2.34. The molecular formula is C20H29N3O5. The van der Waals surface area contributed by atoms with Gasteiger partial charge in [0.2, 0.25) is 0 Å². The second kappa shape index (κ2) is 7.14. The third-order valence-corrected chi connectivity index (χ3v) is 4.85. The Bertz CT molecular complexity index is 785. The van der Waals surface area contributed by atoms with Crippen LogP contribution in [-0.4, -0.2) is 53.3 Å². The van der Waals surface area contributed by atoms with Gasteiger partial charge in [0.1, 0.15) is 22.6 Å². The van der Waals surface area contributed by atoms with Gasteiger partial charge in [-0.2, -0.15) is 0 Å². The van der Waals surface area contributed by atoms with E-state index < -0.39 is 5.60 Å². The zero-order chi connectivity index (χ0) is 20.7. The average molecular weight is 391 g/mol. The molecule has 0 radical (unpaired) electrons. The van der Waals surface area contributed by atoms with Crippen LogP contribution in [0, 0.1) is 10.1 Å². The molecule has 0 bridgehead atoms. The minimum Gasteiger partial charge on any atom is -0.487 e. The van der Waals surface area contributed by atoms with Crippen molar-refractivity contribution in [3.05, 3.63) is 27.8 Å². The van der Waals surface area contributed by atoms with Crippen LogP contribution < -0.4 is 9.64 Å². The van der Waals surface area contributed by atoms with Gasteiger partial charge in [-0.05, 0) is 41.0 Å². The largest absolute Gasteiger partial charge is 0.487 e. The fourth-order valence-corrected chi connectivity index (χ4v) is 3.69. The first-order valence-corrected chi connectivity index (χ1v) is 9.68. The van der Waals surface area contributed by atoms with Crippen LogP contribution in [0.15, 0.2) is 12.1 Å². The summed E-state index contributed by atoms with van der Waals surface area (Å²) in [5, 5.41) is 11.7. The molecule has 0 aromatic heterocycles. The van der Waals surface area contributed by atoms with E-state index in [9.17, 15) is 14.9 Å². The Labute approximate surface area is 165 Å². The highest BCUT2D eigenvalue weighted by atomic mass is 16.6. The third-order valence-electron chi connectivity index (χ3n) is 4.85. The summed E-state index contributed by atoms with van der Waals surface area (Å²) in [6, 6.07) is 3.42. The number of amides is 1. The predicted molar refractivity (Wildman–Crippen MR) is 106 cm³/mol. The first-order chi connectivity index (χ1) is 13.0. The highest BCUT2D eigenvalue weighted by molar-refractivity contribution is 5.70. The van der Waals surface area contributed by atoms with E-state index >= 15 is 0 Å². The molecule has 0 atom stereocenters. The molecule has 8 nitrogen and oxygen atoms in total. The fourth-order valence-electron chi connectivity index (χ4n) is 3.69. The van der Waals surface area contributed by atoms with Crippen LogP contribution in [0.1, 0.15) is 46.6 Å². The Morgan fingerprint density at radius 2 is 1.93 bits per heavy atom. The summed E-state index contributed by atoms with van der Waals surface area (Å²) in [6.07, 6.45) is 1.01. The molecule has 1 amide bonds. The topological polar surface area (TPSA) is 85.2 Å². The highest BCUT2D eigenvalue weighted by Crippen LogP contribution is 2.42. The summed E-state index contributed by atoms with van der Waals surface area (Å²) in [7, 11) is 0. The Morgan fingerprint density at radius 3 is 2.57 bits per heavy atom. The maximum absolute atomic E-state index is 12.4. The first-order valence-electron chi connectivity index (χ1n) is 9.68. The van der Waals surface area contributed by atoms with E-state index in [0.29, 0.717) is 50.5 Å². The molecule has 2 aliphatic heterocycles. The molecule has 0 saturated carbocycles. The maximum atomic E-state index is 12.4.